The first kappa shape index (κ1) is 26.4. The Morgan fingerprint density at radius 3 is 1.86 bits per heavy atom. The molecule has 0 radical (unpaired) electrons. The lowest BCUT2D eigenvalue weighted by Crippen LogP contribution is -2.03. The Bertz CT molecular complexity index is 2140. The molecule has 204 valence electrons. The van der Waals surface area contributed by atoms with E-state index in [4.69, 9.17) is 5.41 Å². The maximum Gasteiger partial charge on any atom is 0.161 e. The van der Waals surface area contributed by atoms with E-state index in [1.54, 1.807) is 0 Å². The number of nitrogens with one attached hydrogen (secondary N) is 1. The molecule has 7 aromatic rings. The molecule has 0 bridgehead atoms. The molecule has 0 unspecified atom stereocenters. The lowest BCUT2D eigenvalue weighted by Gasteiger charge is -2.07. The van der Waals surface area contributed by atoms with Gasteiger partial charge in [-0.05, 0) is 52.2 Å². The summed E-state index contributed by atoms with van der Waals surface area (Å²) >= 11 is 1.83. The van der Waals surface area contributed by atoms with E-state index in [-0.39, 0.29) is 5.84 Å². The summed E-state index contributed by atoms with van der Waals surface area (Å²) in [6, 6.07) is 50.0. The van der Waals surface area contributed by atoms with Crippen LogP contribution in [0.2, 0.25) is 0 Å². The van der Waals surface area contributed by atoms with Gasteiger partial charge in [0.15, 0.2) is 11.7 Å². The van der Waals surface area contributed by atoms with Crippen molar-refractivity contribution in [3.05, 3.63) is 157 Å². The van der Waals surface area contributed by atoms with E-state index in [0.717, 1.165) is 27.8 Å². The maximum atomic E-state index is 8.73. The number of nitrogens with zero attached hydrogens (tertiary/aromatic N) is 2. The van der Waals surface area contributed by atoms with Gasteiger partial charge in [-0.15, -0.1) is 11.3 Å². The van der Waals surface area contributed by atoms with Gasteiger partial charge in [-0.2, -0.15) is 0 Å². The van der Waals surface area contributed by atoms with Crippen LogP contribution in [0.5, 0.6) is 0 Å². The predicted molar refractivity (Wildman–Crippen MR) is 185 cm³/mol. The van der Waals surface area contributed by atoms with Crippen LogP contribution in [0, 0.1) is 5.41 Å². The van der Waals surface area contributed by atoms with E-state index in [2.05, 4.69) is 108 Å². The van der Waals surface area contributed by atoms with Crippen molar-refractivity contribution in [1.82, 2.24) is 0 Å². The topological polar surface area (TPSA) is 48.6 Å². The van der Waals surface area contributed by atoms with Gasteiger partial charge in [-0.3, -0.25) is 5.41 Å². The highest BCUT2D eigenvalue weighted by molar-refractivity contribution is 7.26. The van der Waals surface area contributed by atoms with Crippen molar-refractivity contribution in [3.8, 4) is 33.4 Å². The van der Waals surface area contributed by atoms with Crippen molar-refractivity contribution in [2.24, 2.45) is 9.98 Å². The number of aliphatic imine (C=N–C) groups is 2. The number of amidine groups is 2. The third kappa shape index (κ3) is 5.21. The van der Waals surface area contributed by atoms with Gasteiger partial charge in [0, 0.05) is 31.3 Å². The van der Waals surface area contributed by atoms with Crippen LogP contribution < -0.4 is 0 Å². The third-order valence-electron chi connectivity index (χ3n) is 7.67. The molecule has 0 aliphatic heterocycles. The average molecular weight is 570 g/mol. The van der Waals surface area contributed by atoms with Crippen LogP contribution in [0.3, 0.4) is 0 Å². The Labute approximate surface area is 254 Å². The summed E-state index contributed by atoms with van der Waals surface area (Å²) in [6.07, 6.45) is 0. The first-order valence-electron chi connectivity index (χ1n) is 14.1. The van der Waals surface area contributed by atoms with Gasteiger partial charge in [0.05, 0.1) is 0 Å². The van der Waals surface area contributed by atoms with Crippen LogP contribution in [0.15, 0.2) is 156 Å². The van der Waals surface area contributed by atoms with Gasteiger partial charge in [0.2, 0.25) is 0 Å². The molecule has 0 saturated heterocycles. The SMILES string of the molecule is C=N/C(=N\C(=N)c1ccc(-c2cccc3c2sc2cc(-c4ccccc4)ccc23)cc1)c1cccc(-c2ccccc2)c1. The maximum absolute atomic E-state index is 8.73. The van der Waals surface area contributed by atoms with Gasteiger partial charge in [0.25, 0.3) is 0 Å². The molecule has 3 nitrogen and oxygen atoms in total. The number of hydrogen-bond acceptors (Lipinski definition) is 2. The zero-order chi connectivity index (χ0) is 29.2. The minimum absolute atomic E-state index is 0.146. The second kappa shape index (κ2) is 11.4. The molecule has 0 fully saturated rings. The van der Waals surface area contributed by atoms with Crippen LogP contribution >= 0.6 is 11.3 Å². The monoisotopic (exact) mass is 569 g/mol. The van der Waals surface area contributed by atoms with Crippen LogP contribution in [0.25, 0.3) is 53.6 Å². The van der Waals surface area contributed by atoms with Crippen molar-refractivity contribution in [2.75, 3.05) is 0 Å². The average Bonchev–Trinajstić information content (AvgIpc) is 3.46. The summed E-state index contributed by atoms with van der Waals surface area (Å²) in [7, 11) is 0. The molecule has 1 N–H and O–H groups in total. The highest BCUT2D eigenvalue weighted by Gasteiger charge is 2.13. The first-order chi connectivity index (χ1) is 21.2. The Hall–Kier alpha value is -5.45. The van der Waals surface area contributed by atoms with E-state index in [1.807, 2.05) is 65.9 Å². The van der Waals surface area contributed by atoms with Gasteiger partial charge in [-0.25, -0.2) is 9.98 Å². The second-order valence-corrected chi connectivity index (χ2v) is 11.4. The number of thiophene rings is 1. The zero-order valence-electron chi connectivity index (χ0n) is 23.4. The Kier molecular flexibility index (Phi) is 7.04. The molecule has 6 aromatic carbocycles. The standard InChI is InChI=1S/C39H27N3S/c1-41-39(32-15-8-14-30(24-32)26-10-4-2-5-11-26)42-38(40)29-20-18-28(19-21-29)33-16-9-17-35-34-23-22-31(25-36(34)43-37(33)35)27-12-6-3-7-13-27/h2-25,40H,1H2/b40-38?,42-39-. The van der Waals surface area contributed by atoms with Crippen LogP contribution in [0.4, 0.5) is 0 Å². The normalized spacial score (nSPS) is 11.6. The first-order valence-corrected chi connectivity index (χ1v) is 14.9. The van der Waals surface area contributed by atoms with Gasteiger partial charge in [0.1, 0.15) is 0 Å². The van der Waals surface area contributed by atoms with Crippen molar-refractivity contribution >= 4 is 49.9 Å². The lowest BCUT2D eigenvalue weighted by atomic mass is 10.00. The van der Waals surface area contributed by atoms with Gasteiger partial charge < -0.3 is 0 Å². The van der Waals surface area contributed by atoms with Gasteiger partial charge in [-0.1, -0.05) is 133 Å². The fourth-order valence-corrected chi connectivity index (χ4v) is 6.75. The van der Waals surface area contributed by atoms with Crippen molar-refractivity contribution < 1.29 is 0 Å². The summed E-state index contributed by atoms with van der Waals surface area (Å²) in [5.41, 5.74) is 8.48. The summed E-state index contributed by atoms with van der Waals surface area (Å²) in [5.74, 6) is 0.573. The number of fused-ring (bicyclic) bond motifs is 3. The summed E-state index contributed by atoms with van der Waals surface area (Å²) in [6.45, 7) is 3.73. The van der Waals surface area contributed by atoms with E-state index in [0.29, 0.717) is 5.84 Å². The summed E-state index contributed by atoms with van der Waals surface area (Å²) < 4.78 is 2.54. The molecule has 43 heavy (non-hydrogen) atoms. The van der Waals surface area contributed by atoms with E-state index in [1.165, 1.54) is 36.9 Å². The lowest BCUT2D eigenvalue weighted by molar-refractivity contribution is 1.40. The molecule has 0 saturated carbocycles. The Balaban J connectivity index is 1.19. The third-order valence-corrected chi connectivity index (χ3v) is 8.87. The molecule has 7 rings (SSSR count). The van der Waals surface area contributed by atoms with E-state index >= 15 is 0 Å². The van der Waals surface area contributed by atoms with E-state index < -0.39 is 0 Å². The molecule has 4 heteroatoms. The smallest absolute Gasteiger partial charge is 0.161 e. The molecule has 0 spiro atoms. The Morgan fingerprint density at radius 1 is 0.535 bits per heavy atom. The molecule has 0 aliphatic rings. The minimum Gasteiger partial charge on any atom is -0.282 e. The zero-order valence-corrected chi connectivity index (χ0v) is 24.2. The van der Waals surface area contributed by atoms with Crippen LogP contribution in [-0.4, -0.2) is 18.4 Å². The van der Waals surface area contributed by atoms with Crippen LogP contribution in [-0.2, 0) is 0 Å². The highest BCUT2D eigenvalue weighted by Crippen LogP contribution is 2.41. The van der Waals surface area contributed by atoms with Crippen molar-refractivity contribution in [1.29, 1.82) is 5.41 Å². The fraction of sp³-hybridized carbons (Fsp3) is 0. The summed E-state index contributed by atoms with van der Waals surface area (Å²) in [5, 5.41) is 11.3. The van der Waals surface area contributed by atoms with Crippen molar-refractivity contribution in [3.63, 3.8) is 0 Å². The molecular formula is C39H27N3S. The van der Waals surface area contributed by atoms with Crippen molar-refractivity contribution in [2.45, 2.75) is 0 Å². The second-order valence-electron chi connectivity index (χ2n) is 10.3. The number of benzene rings is 6. The fourth-order valence-electron chi connectivity index (χ4n) is 5.47. The predicted octanol–water partition coefficient (Wildman–Crippen LogP) is 10.5. The largest absolute Gasteiger partial charge is 0.282 e. The van der Waals surface area contributed by atoms with Crippen LogP contribution in [0.1, 0.15) is 11.1 Å². The highest BCUT2D eigenvalue weighted by atomic mass is 32.1. The minimum atomic E-state index is 0.146. The molecular weight excluding hydrogens is 543 g/mol. The van der Waals surface area contributed by atoms with Gasteiger partial charge >= 0.3 is 0 Å². The number of rotatable bonds is 5. The molecule has 0 aliphatic carbocycles. The number of hydrogen-bond donors (Lipinski definition) is 1. The summed E-state index contributed by atoms with van der Waals surface area (Å²) in [4.78, 5) is 8.72. The Morgan fingerprint density at radius 2 is 1.16 bits per heavy atom. The molecule has 0 atom stereocenters. The molecule has 1 aromatic heterocycles. The molecule has 1 heterocycles. The quantitative estimate of drug-likeness (QED) is 0.158. The molecule has 0 amide bonds. The van der Waals surface area contributed by atoms with E-state index in [9.17, 15) is 0 Å².